The summed E-state index contributed by atoms with van der Waals surface area (Å²) in [7, 11) is 0. The largest absolute Gasteiger partial charge is 0.465 e. The van der Waals surface area contributed by atoms with Gasteiger partial charge in [0.1, 0.15) is 0 Å². The maximum atomic E-state index is 11.9. The number of hydrogen-bond donors (Lipinski definition) is 1. The molecule has 0 radical (unpaired) electrons. The van der Waals surface area contributed by atoms with Crippen molar-refractivity contribution in [3.63, 3.8) is 0 Å². The van der Waals surface area contributed by atoms with Crippen molar-refractivity contribution in [2.45, 2.75) is 31.9 Å². The molecule has 0 spiro atoms. The van der Waals surface area contributed by atoms with Crippen LogP contribution in [0.3, 0.4) is 0 Å². The van der Waals surface area contributed by atoms with Gasteiger partial charge in [-0.05, 0) is 37.8 Å². The Hall–Kier alpha value is -1.34. The van der Waals surface area contributed by atoms with Crippen molar-refractivity contribution < 1.29 is 14.3 Å². The first-order chi connectivity index (χ1) is 11.6. The predicted molar refractivity (Wildman–Crippen MR) is 99.9 cm³/mol. The van der Waals surface area contributed by atoms with E-state index in [2.05, 4.69) is 26.5 Å². The molecule has 2 rings (SSSR count). The number of hydrazone groups is 1. The van der Waals surface area contributed by atoms with E-state index in [-0.39, 0.29) is 17.8 Å². The highest BCUT2D eigenvalue weighted by Gasteiger charge is 2.30. The highest BCUT2D eigenvalue weighted by molar-refractivity contribution is 9.10. The molecule has 1 aliphatic rings. The Morgan fingerprint density at radius 3 is 2.96 bits per heavy atom. The Morgan fingerprint density at radius 2 is 2.21 bits per heavy atom. The van der Waals surface area contributed by atoms with Crippen LogP contribution in [-0.2, 0) is 20.1 Å². The first-order valence-corrected chi connectivity index (χ1v) is 9.89. The van der Waals surface area contributed by atoms with Gasteiger partial charge in [-0.3, -0.25) is 9.59 Å². The zero-order valence-corrected chi connectivity index (χ0v) is 16.0. The molecule has 1 amide bonds. The first-order valence-electron chi connectivity index (χ1n) is 7.95. The van der Waals surface area contributed by atoms with E-state index >= 15 is 0 Å². The summed E-state index contributed by atoms with van der Waals surface area (Å²) in [4.78, 5) is 23.7. The molecule has 1 saturated carbocycles. The van der Waals surface area contributed by atoms with Crippen molar-refractivity contribution in [1.82, 2.24) is 5.43 Å². The second-order valence-corrected chi connectivity index (χ2v) is 7.26. The highest BCUT2D eigenvalue weighted by Crippen LogP contribution is 2.24. The topological polar surface area (TPSA) is 67.8 Å². The van der Waals surface area contributed by atoms with Crippen molar-refractivity contribution in [2.24, 2.45) is 11.0 Å². The minimum Gasteiger partial charge on any atom is -0.465 e. The molecule has 0 bridgehead atoms. The molecule has 0 saturated heterocycles. The molecule has 1 atom stereocenters. The molecule has 1 N–H and O–H groups in total. The van der Waals surface area contributed by atoms with Crippen molar-refractivity contribution in [3.8, 4) is 0 Å². The lowest BCUT2D eigenvalue weighted by Crippen LogP contribution is -2.26. The monoisotopic (exact) mass is 412 g/mol. The van der Waals surface area contributed by atoms with Gasteiger partial charge in [-0.15, -0.1) is 11.8 Å². The van der Waals surface area contributed by atoms with E-state index in [0.717, 1.165) is 40.8 Å². The third kappa shape index (κ3) is 5.63. The Morgan fingerprint density at radius 1 is 1.42 bits per heavy atom. The van der Waals surface area contributed by atoms with E-state index in [1.165, 1.54) is 11.8 Å². The van der Waals surface area contributed by atoms with E-state index in [4.69, 9.17) is 4.74 Å². The molecule has 1 aliphatic carbocycles. The van der Waals surface area contributed by atoms with Gasteiger partial charge in [0.15, 0.2) is 0 Å². The van der Waals surface area contributed by atoms with Crippen LogP contribution in [0.2, 0.25) is 0 Å². The number of nitrogens with zero attached hydrogens (tertiary/aromatic N) is 1. The molecule has 0 aromatic heterocycles. The Labute approximate surface area is 154 Å². The third-order valence-corrected chi connectivity index (χ3v) is 5.43. The number of carbonyl (C=O) groups is 2. The van der Waals surface area contributed by atoms with Crippen LogP contribution in [0.15, 0.2) is 33.8 Å². The van der Waals surface area contributed by atoms with Crippen LogP contribution < -0.4 is 5.43 Å². The highest BCUT2D eigenvalue weighted by atomic mass is 79.9. The maximum absolute atomic E-state index is 11.9. The molecule has 1 aromatic carbocycles. The minimum atomic E-state index is -0.307. The van der Waals surface area contributed by atoms with Crippen LogP contribution in [0.1, 0.15) is 31.7 Å². The molecular weight excluding hydrogens is 392 g/mol. The number of carbonyl (C=O) groups excluding carboxylic acids is 2. The van der Waals surface area contributed by atoms with Crippen LogP contribution in [0.4, 0.5) is 0 Å². The zero-order valence-electron chi connectivity index (χ0n) is 13.6. The molecule has 0 heterocycles. The molecule has 1 aromatic rings. The lowest BCUT2D eigenvalue weighted by atomic mass is 10.1. The number of ether oxygens (including phenoxy) is 1. The maximum Gasteiger partial charge on any atom is 0.314 e. The van der Waals surface area contributed by atoms with Gasteiger partial charge in [0, 0.05) is 10.2 Å². The summed E-state index contributed by atoms with van der Waals surface area (Å²) >= 11 is 5.02. The average molecular weight is 413 g/mol. The van der Waals surface area contributed by atoms with Gasteiger partial charge in [0.25, 0.3) is 0 Å². The van der Waals surface area contributed by atoms with Crippen molar-refractivity contribution in [1.29, 1.82) is 0 Å². The van der Waals surface area contributed by atoms with Crippen LogP contribution in [0.25, 0.3) is 0 Å². The lowest BCUT2D eigenvalue weighted by Gasteiger charge is -2.10. The van der Waals surface area contributed by atoms with Gasteiger partial charge in [0.05, 0.1) is 24.0 Å². The van der Waals surface area contributed by atoms with Crippen LogP contribution in [-0.4, -0.2) is 29.9 Å². The average Bonchev–Trinajstić information content (AvgIpc) is 3.03. The fraction of sp³-hybridized carbons (Fsp3) is 0.471. The first kappa shape index (κ1) is 19.0. The quantitative estimate of drug-likeness (QED) is 0.549. The SMILES string of the molecule is CCOC(=O)[C@H]1CCC/C1=N/NC(=O)CSCc1ccccc1Br. The third-order valence-electron chi connectivity index (χ3n) is 3.67. The van der Waals surface area contributed by atoms with Crippen molar-refractivity contribution >= 4 is 45.3 Å². The second kappa shape index (κ2) is 9.84. The summed E-state index contributed by atoms with van der Waals surface area (Å²) in [5.74, 6) is 0.359. The van der Waals surface area contributed by atoms with Gasteiger partial charge < -0.3 is 4.74 Å². The fourth-order valence-electron chi connectivity index (χ4n) is 2.49. The summed E-state index contributed by atoms with van der Waals surface area (Å²) in [5.41, 5.74) is 4.43. The van der Waals surface area contributed by atoms with E-state index in [1.807, 2.05) is 24.3 Å². The minimum absolute atomic E-state index is 0.158. The molecule has 0 aliphatic heterocycles. The van der Waals surface area contributed by atoms with Gasteiger partial charge >= 0.3 is 5.97 Å². The molecular formula is C17H21BrN2O3S. The number of nitrogens with one attached hydrogen (secondary N) is 1. The zero-order chi connectivity index (χ0) is 17.4. The Kier molecular flexibility index (Phi) is 7.78. The van der Waals surface area contributed by atoms with Gasteiger partial charge in [-0.2, -0.15) is 5.10 Å². The Balaban J connectivity index is 1.78. The second-order valence-electron chi connectivity index (χ2n) is 5.42. The number of esters is 1. The molecule has 1 fully saturated rings. The number of thioether (sulfide) groups is 1. The van der Waals surface area contributed by atoms with Crippen LogP contribution >= 0.6 is 27.7 Å². The number of benzene rings is 1. The molecule has 130 valence electrons. The number of rotatable bonds is 7. The summed E-state index contributed by atoms with van der Waals surface area (Å²) in [6.07, 6.45) is 2.37. The fourth-order valence-corrected chi connectivity index (χ4v) is 3.93. The van der Waals surface area contributed by atoms with Crippen LogP contribution in [0.5, 0.6) is 0 Å². The van der Waals surface area contributed by atoms with Crippen LogP contribution in [0, 0.1) is 5.92 Å². The smallest absolute Gasteiger partial charge is 0.314 e. The van der Waals surface area contributed by atoms with E-state index in [9.17, 15) is 9.59 Å². The predicted octanol–water partition coefficient (Wildman–Crippen LogP) is 3.52. The standard InChI is InChI=1S/C17H21BrN2O3S/c1-2-23-17(22)13-7-5-9-15(13)19-20-16(21)11-24-10-12-6-3-4-8-14(12)18/h3-4,6,8,13H,2,5,7,9-11H2,1H3,(H,20,21)/b19-15-/t13-/m0/s1. The van der Waals surface area contributed by atoms with Gasteiger partial charge in [0.2, 0.25) is 5.91 Å². The van der Waals surface area contributed by atoms with Gasteiger partial charge in [-0.25, -0.2) is 5.43 Å². The summed E-state index contributed by atoms with van der Waals surface area (Å²) in [6.45, 7) is 2.15. The van der Waals surface area contributed by atoms with E-state index in [0.29, 0.717) is 12.4 Å². The summed E-state index contributed by atoms with van der Waals surface area (Å²) in [6, 6.07) is 7.94. The molecule has 7 heteroatoms. The summed E-state index contributed by atoms with van der Waals surface area (Å²) in [5, 5.41) is 4.14. The number of hydrogen-bond acceptors (Lipinski definition) is 5. The van der Waals surface area contributed by atoms with Gasteiger partial charge in [-0.1, -0.05) is 34.1 Å². The number of amides is 1. The van der Waals surface area contributed by atoms with Crippen molar-refractivity contribution in [2.75, 3.05) is 12.4 Å². The normalized spacial score (nSPS) is 18.6. The molecule has 5 nitrogen and oxygen atoms in total. The molecule has 0 unspecified atom stereocenters. The Bertz CT molecular complexity index is 622. The molecule has 24 heavy (non-hydrogen) atoms. The summed E-state index contributed by atoms with van der Waals surface area (Å²) < 4.78 is 6.09. The van der Waals surface area contributed by atoms with E-state index in [1.54, 1.807) is 6.92 Å². The van der Waals surface area contributed by atoms with Crippen molar-refractivity contribution in [3.05, 3.63) is 34.3 Å². The van der Waals surface area contributed by atoms with E-state index < -0.39 is 0 Å². The lowest BCUT2D eigenvalue weighted by molar-refractivity contribution is -0.145. The number of halogens is 1.